The van der Waals surface area contributed by atoms with E-state index in [2.05, 4.69) is 48.2 Å². The SMILES string of the molecule is COc1ccccc1C=NNC(=O)c1nnn(-c2nonc2N)c1CN1CCc2ccccc2C1. The summed E-state index contributed by atoms with van der Waals surface area (Å²) in [5, 5.41) is 19.7. The first kappa shape index (κ1) is 22.2. The molecule has 0 atom stereocenters. The van der Waals surface area contributed by atoms with Crippen LogP contribution in [0.5, 0.6) is 5.75 Å². The van der Waals surface area contributed by atoms with Crippen LogP contribution in [0, 0.1) is 0 Å². The molecule has 178 valence electrons. The van der Waals surface area contributed by atoms with Gasteiger partial charge in [-0.25, -0.2) is 10.1 Å². The Morgan fingerprint density at radius 3 is 2.80 bits per heavy atom. The number of nitrogens with two attached hydrogens (primary N) is 1. The van der Waals surface area contributed by atoms with Crippen LogP contribution < -0.4 is 15.9 Å². The lowest BCUT2D eigenvalue weighted by Crippen LogP contribution is -2.32. The average molecular weight is 473 g/mol. The molecular weight excluding hydrogens is 450 g/mol. The number of carbonyl (C=O) groups excluding carboxylic acids is 1. The maximum absolute atomic E-state index is 13.0. The third kappa shape index (κ3) is 4.59. The van der Waals surface area contributed by atoms with Gasteiger partial charge in [0.25, 0.3) is 5.91 Å². The van der Waals surface area contributed by atoms with E-state index in [-0.39, 0.29) is 17.3 Å². The zero-order valence-electron chi connectivity index (χ0n) is 19.0. The lowest BCUT2D eigenvalue weighted by molar-refractivity contribution is 0.0947. The summed E-state index contributed by atoms with van der Waals surface area (Å²) >= 11 is 0. The maximum atomic E-state index is 13.0. The van der Waals surface area contributed by atoms with Crippen LogP contribution in [0.2, 0.25) is 0 Å². The van der Waals surface area contributed by atoms with Gasteiger partial charge < -0.3 is 10.5 Å². The number of methoxy groups -OCH3 is 1. The fourth-order valence-corrected chi connectivity index (χ4v) is 4.02. The van der Waals surface area contributed by atoms with E-state index in [9.17, 15) is 4.79 Å². The zero-order valence-corrected chi connectivity index (χ0v) is 19.0. The summed E-state index contributed by atoms with van der Waals surface area (Å²) in [7, 11) is 1.57. The van der Waals surface area contributed by atoms with Crippen LogP contribution in [0.25, 0.3) is 5.82 Å². The molecule has 5 rings (SSSR count). The fourth-order valence-electron chi connectivity index (χ4n) is 4.02. The van der Waals surface area contributed by atoms with Crippen molar-refractivity contribution in [2.24, 2.45) is 5.10 Å². The van der Waals surface area contributed by atoms with Gasteiger partial charge in [-0.1, -0.05) is 41.6 Å². The number of fused-ring (bicyclic) bond motifs is 1. The summed E-state index contributed by atoms with van der Waals surface area (Å²) in [5.74, 6) is 0.323. The van der Waals surface area contributed by atoms with E-state index in [1.54, 1.807) is 13.2 Å². The number of anilines is 1. The summed E-state index contributed by atoms with van der Waals surface area (Å²) < 4.78 is 11.4. The van der Waals surface area contributed by atoms with Gasteiger partial charge in [0.1, 0.15) is 5.75 Å². The van der Waals surface area contributed by atoms with E-state index < -0.39 is 5.91 Å². The topological polar surface area (TPSA) is 150 Å². The zero-order chi connectivity index (χ0) is 24.2. The molecule has 0 unspecified atom stereocenters. The van der Waals surface area contributed by atoms with Gasteiger partial charge in [0.15, 0.2) is 5.69 Å². The number of benzene rings is 2. The number of hydrazone groups is 1. The molecule has 0 fully saturated rings. The van der Waals surface area contributed by atoms with Gasteiger partial charge in [-0.15, -0.1) is 5.10 Å². The molecule has 4 aromatic rings. The van der Waals surface area contributed by atoms with E-state index in [4.69, 9.17) is 15.1 Å². The number of carbonyl (C=O) groups is 1. The van der Waals surface area contributed by atoms with Gasteiger partial charge >= 0.3 is 0 Å². The molecule has 1 amide bonds. The monoisotopic (exact) mass is 473 g/mol. The molecule has 2 aromatic heterocycles. The van der Waals surface area contributed by atoms with Crippen LogP contribution in [0.1, 0.15) is 32.9 Å². The third-order valence-electron chi connectivity index (χ3n) is 5.77. The van der Waals surface area contributed by atoms with Crippen LogP contribution in [0.4, 0.5) is 5.82 Å². The molecule has 3 N–H and O–H groups in total. The predicted octanol–water partition coefficient (Wildman–Crippen LogP) is 1.56. The molecule has 0 radical (unpaired) electrons. The number of ether oxygens (including phenoxy) is 1. The van der Waals surface area contributed by atoms with Crippen molar-refractivity contribution in [1.82, 2.24) is 35.6 Å². The first-order valence-corrected chi connectivity index (χ1v) is 10.9. The van der Waals surface area contributed by atoms with Gasteiger partial charge in [0.2, 0.25) is 11.6 Å². The number of nitrogens with zero attached hydrogens (tertiary/aromatic N) is 7. The fraction of sp³-hybridized carbons (Fsp3) is 0.217. The molecule has 2 aromatic carbocycles. The lowest BCUT2D eigenvalue weighted by Gasteiger charge is -2.28. The van der Waals surface area contributed by atoms with Crippen molar-refractivity contribution in [1.29, 1.82) is 0 Å². The molecule has 12 nitrogen and oxygen atoms in total. The molecule has 1 aliphatic heterocycles. The summed E-state index contributed by atoms with van der Waals surface area (Å²) in [6, 6.07) is 15.6. The minimum Gasteiger partial charge on any atom is -0.496 e. The van der Waals surface area contributed by atoms with Crippen molar-refractivity contribution < 1.29 is 14.2 Å². The maximum Gasteiger partial charge on any atom is 0.293 e. The Morgan fingerprint density at radius 2 is 2.00 bits per heavy atom. The van der Waals surface area contributed by atoms with Crippen LogP contribution in [-0.2, 0) is 19.5 Å². The molecule has 0 saturated heterocycles. The van der Waals surface area contributed by atoms with Crippen LogP contribution in [0.15, 0.2) is 58.3 Å². The minimum atomic E-state index is -0.523. The van der Waals surface area contributed by atoms with Crippen LogP contribution in [0.3, 0.4) is 0 Å². The van der Waals surface area contributed by atoms with E-state index >= 15 is 0 Å². The standard InChI is InChI=1S/C23H23N9O3/c1-34-19-9-5-4-7-16(19)12-25-27-23(33)20-18(32(30-26-20)22-21(24)28-35-29-22)14-31-11-10-15-6-2-3-8-17(15)13-31/h2-9,12H,10-11,13-14H2,1H3,(H2,24,28)(H,27,33). The average Bonchev–Trinajstić information content (AvgIpc) is 3.49. The molecule has 1 aliphatic rings. The second kappa shape index (κ2) is 9.73. The Kier molecular flexibility index (Phi) is 6.18. The van der Waals surface area contributed by atoms with Crippen molar-refractivity contribution in [3.63, 3.8) is 0 Å². The van der Waals surface area contributed by atoms with Gasteiger partial charge in [-0.3, -0.25) is 9.69 Å². The van der Waals surface area contributed by atoms with Gasteiger partial charge in [0.05, 0.1) is 19.0 Å². The summed E-state index contributed by atoms with van der Waals surface area (Å²) in [6.45, 7) is 1.91. The Balaban J connectivity index is 1.40. The number of nitrogen functional groups attached to an aromatic ring is 1. The highest BCUT2D eigenvalue weighted by Crippen LogP contribution is 2.23. The van der Waals surface area contributed by atoms with Crippen LogP contribution in [-0.4, -0.2) is 56.0 Å². The lowest BCUT2D eigenvalue weighted by atomic mass is 10.00. The molecule has 3 heterocycles. The summed E-state index contributed by atoms with van der Waals surface area (Å²) in [6.07, 6.45) is 2.40. The minimum absolute atomic E-state index is 0.0429. The smallest absolute Gasteiger partial charge is 0.293 e. The number of para-hydroxylation sites is 1. The van der Waals surface area contributed by atoms with Crippen molar-refractivity contribution in [3.05, 3.63) is 76.6 Å². The molecular formula is C23H23N9O3. The van der Waals surface area contributed by atoms with Crippen molar-refractivity contribution in [2.75, 3.05) is 19.4 Å². The Hall–Kier alpha value is -4.58. The normalized spacial score (nSPS) is 13.6. The molecule has 0 aliphatic carbocycles. The van der Waals surface area contributed by atoms with Crippen molar-refractivity contribution in [3.8, 4) is 11.6 Å². The number of nitrogens with one attached hydrogen (secondary N) is 1. The Labute approximate surface area is 200 Å². The van der Waals surface area contributed by atoms with Crippen LogP contribution >= 0.6 is 0 Å². The molecule has 0 bridgehead atoms. The largest absolute Gasteiger partial charge is 0.496 e. The highest BCUT2D eigenvalue weighted by molar-refractivity contribution is 5.94. The van der Waals surface area contributed by atoms with E-state index in [0.29, 0.717) is 23.6 Å². The second-order valence-corrected chi connectivity index (χ2v) is 7.94. The van der Waals surface area contributed by atoms with E-state index in [0.717, 1.165) is 19.5 Å². The summed E-state index contributed by atoms with van der Waals surface area (Å²) in [5.41, 5.74) is 12.3. The predicted molar refractivity (Wildman–Crippen MR) is 126 cm³/mol. The highest BCUT2D eigenvalue weighted by atomic mass is 16.6. The van der Waals surface area contributed by atoms with Gasteiger partial charge in [0, 0.05) is 25.2 Å². The van der Waals surface area contributed by atoms with Gasteiger partial charge in [-0.2, -0.15) is 9.78 Å². The first-order chi connectivity index (χ1) is 17.1. The van der Waals surface area contributed by atoms with Crippen molar-refractivity contribution in [2.45, 2.75) is 19.5 Å². The molecule has 0 spiro atoms. The molecule has 0 saturated carbocycles. The van der Waals surface area contributed by atoms with Crippen molar-refractivity contribution >= 4 is 17.9 Å². The molecule has 12 heteroatoms. The Morgan fingerprint density at radius 1 is 1.20 bits per heavy atom. The number of hydrogen-bond donors (Lipinski definition) is 2. The number of aromatic nitrogens is 5. The second-order valence-electron chi connectivity index (χ2n) is 7.94. The third-order valence-corrected chi connectivity index (χ3v) is 5.77. The Bertz CT molecular complexity index is 1380. The van der Waals surface area contributed by atoms with E-state index in [1.807, 2.05) is 30.3 Å². The number of hydrogen-bond acceptors (Lipinski definition) is 10. The highest BCUT2D eigenvalue weighted by Gasteiger charge is 2.27. The summed E-state index contributed by atoms with van der Waals surface area (Å²) in [4.78, 5) is 15.2. The van der Waals surface area contributed by atoms with Gasteiger partial charge in [-0.05, 0) is 40.0 Å². The quantitative estimate of drug-likeness (QED) is 0.301. The molecule has 35 heavy (non-hydrogen) atoms. The van der Waals surface area contributed by atoms with E-state index in [1.165, 1.54) is 22.0 Å². The number of amides is 1. The number of rotatable bonds is 7. The first-order valence-electron chi connectivity index (χ1n) is 10.9.